The number of thiophene rings is 1. The number of hydrogen-bond donors (Lipinski definition) is 1. The summed E-state index contributed by atoms with van der Waals surface area (Å²) in [6.07, 6.45) is 1.02. The van der Waals surface area contributed by atoms with Gasteiger partial charge < -0.3 is 9.84 Å². The fraction of sp³-hybridized carbons (Fsp3) is 0.316. The fourth-order valence-electron chi connectivity index (χ4n) is 3.31. The first-order valence-electron chi connectivity index (χ1n) is 9.39. The number of anilines is 1. The third-order valence-corrected chi connectivity index (χ3v) is 8.41. The van der Waals surface area contributed by atoms with E-state index in [0.29, 0.717) is 36.7 Å². The van der Waals surface area contributed by atoms with Gasteiger partial charge in [0, 0.05) is 36.0 Å². The zero-order chi connectivity index (χ0) is 22.2. The molecule has 1 saturated heterocycles. The van der Waals surface area contributed by atoms with Crippen molar-refractivity contribution in [3.63, 3.8) is 0 Å². The number of carbonyl (C=O) groups is 1. The third-order valence-electron chi connectivity index (χ3n) is 4.90. The van der Waals surface area contributed by atoms with Crippen molar-refractivity contribution in [3.8, 4) is 11.4 Å². The van der Waals surface area contributed by atoms with Crippen molar-refractivity contribution in [2.24, 2.45) is 5.92 Å². The summed E-state index contributed by atoms with van der Waals surface area (Å²) in [6, 6.07) is 5.45. The molecule has 1 aliphatic rings. The minimum Gasteiger partial charge on any atom is -0.339 e. The van der Waals surface area contributed by atoms with Gasteiger partial charge in [0.15, 0.2) is 0 Å². The number of amides is 1. The number of halogens is 2. The molecule has 1 fully saturated rings. The van der Waals surface area contributed by atoms with Crippen molar-refractivity contribution in [3.05, 3.63) is 46.4 Å². The van der Waals surface area contributed by atoms with Gasteiger partial charge in [0.1, 0.15) is 10.0 Å². The SMILES string of the molecule is Cc1nc(-c2csc(S(=O)(=O)N3CCC[C@@H](C(=O)Nc4ccc(Cl)cc4F)C3)c2)no1. The minimum atomic E-state index is -3.80. The first-order chi connectivity index (χ1) is 14.7. The molecule has 1 atom stereocenters. The highest BCUT2D eigenvalue weighted by Gasteiger charge is 2.34. The van der Waals surface area contributed by atoms with Crippen LogP contribution in [0.5, 0.6) is 0 Å². The normalized spacial score (nSPS) is 17.6. The first kappa shape index (κ1) is 21.9. The number of piperidine rings is 1. The predicted molar refractivity (Wildman–Crippen MR) is 114 cm³/mol. The second-order valence-corrected chi connectivity index (χ2v) is 10.6. The van der Waals surface area contributed by atoms with Crippen molar-refractivity contribution in [1.29, 1.82) is 0 Å². The number of aryl methyl sites for hydroxylation is 1. The van der Waals surface area contributed by atoms with Gasteiger partial charge in [0.25, 0.3) is 10.0 Å². The van der Waals surface area contributed by atoms with Crippen LogP contribution in [-0.4, -0.2) is 41.9 Å². The van der Waals surface area contributed by atoms with Crippen LogP contribution in [0.4, 0.5) is 10.1 Å². The molecule has 0 spiro atoms. The van der Waals surface area contributed by atoms with Crippen molar-refractivity contribution in [2.45, 2.75) is 24.0 Å². The van der Waals surface area contributed by atoms with Gasteiger partial charge in [-0.15, -0.1) is 11.3 Å². The average molecular weight is 485 g/mol. The molecule has 31 heavy (non-hydrogen) atoms. The summed E-state index contributed by atoms with van der Waals surface area (Å²) in [5.41, 5.74) is 0.553. The van der Waals surface area contributed by atoms with Crippen molar-refractivity contribution in [1.82, 2.24) is 14.4 Å². The van der Waals surface area contributed by atoms with Gasteiger partial charge in [0.05, 0.1) is 11.6 Å². The Morgan fingerprint density at radius 1 is 1.39 bits per heavy atom. The van der Waals surface area contributed by atoms with E-state index < -0.39 is 27.7 Å². The lowest BCUT2D eigenvalue weighted by molar-refractivity contribution is -0.120. The van der Waals surface area contributed by atoms with Crippen LogP contribution in [0, 0.1) is 18.7 Å². The Morgan fingerprint density at radius 3 is 2.90 bits per heavy atom. The van der Waals surface area contributed by atoms with Crippen LogP contribution >= 0.6 is 22.9 Å². The molecule has 8 nitrogen and oxygen atoms in total. The van der Waals surface area contributed by atoms with Crippen molar-refractivity contribution < 1.29 is 22.1 Å². The van der Waals surface area contributed by atoms with Gasteiger partial charge in [-0.3, -0.25) is 4.79 Å². The number of benzene rings is 1. The van der Waals surface area contributed by atoms with E-state index in [4.69, 9.17) is 16.1 Å². The lowest BCUT2D eigenvalue weighted by Crippen LogP contribution is -2.43. The Bertz CT molecular complexity index is 1230. The molecule has 0 aliphatic carbocycles. The predicted octanol–water partition coefficient (Wildman–Crippen LogP) is 3.94. The maximum Gasteiger partial charge on any atom is 0.252 e. The van der Waals surface area contributed by atoms with Crippen LogP contribution in [-0.2, 0) is 14.8 Å². The molecule has 4 rings (SSSR count). The van der Waals surface area contributed by atoms with Crippen LogP contribution in [0.2, 0.25) is 5.02 Å². The largest absolute Gasteiger partial charge is 0.339 e. The summed E-state index contributed by atoms with van der Waals surface area (Å²) in [4.78, 5) is 16.8. The fourth-order valence-corrected chi connectivity index (χ4v) is 6.31. The number of carbonyl (C=O) groups excluding carboxylic acids is 1. The minimum absolute atomic E-state index is 0.00712. The molecule has 164 valence electrons. The quantitative estimate of drug-likeness (QED) is 0.588. The number of hydrogen-bond acceptors (Lipinski definition) is 7. The molecular weight excluding hydrogens is 467 g/mol. The molecule has 1 aromatic carbocycles. The van der Waals surface area contributed by atoms with Crippen LogP contribution in [0.25, 0.3) is 11.4 Å². The summed E-state index contributed by atoms with van der Waals surface area (Å²) < 4.78 is 46.6. The molecule has 0 saturated carbocycles. The summed E-state index contributed by atoms with van der Waals surface area (Å²) >= 11 is 6.79. The van der Waals surface area contributed by atoms with Gasteiger partial charge in [-0.1, -0.05) is 16.8 Å². The average Bonchev–Trinajstić information content (AvgIpc) is 3.39. The van der Waals surface area contributed by atoms with E-state index in [9.17, 15) is 17.6 Å². The Hall–Kier alpha value is -2.34. The molecule has 12 heteroatoms. The third kappa shape index (κ3) is 4.64. The van der Waals surface area contributed by atoms with Gasteiger partial charge in [-0.25, -0.2) is 12.8 Å². The van der Waals surface area contributed by atoms with E-state index in [1.807, 2.05) is 0 Å². The molecule has 1 aliphatic heterocycles. The Morgan fingerprint density at radius 2 is 2.19 bits per heavy atom. The molecule has 1 amide bonds. The molecule has 2 aromatic heterocycles. The zero-order valence-corrected chi connectivity index (χ0v) is 18.7. The number of nitrogens with zero attached hydrogens (tertiary/aromatic N) is 3. The molecule has 1 N–H and O–H groups in total. The maximum atomic E-state index is 14.0. The lowest BCUT2D eigenvalue weighted by Gasteiger charge is -2.30. The molecule has 0 radical (unpaired) electrons. The van der Waals surface area contributed by atoms with E-state index in [1.54, 1.807) is 12.3 Å². The van der Waals surface area contributed by atoms with Crippen LogP contribution < -0.4 is 5.32 Å². The van der Waals surface area contributed by atoms with Gasteiger partial charge >= 0.3 is 0 Å². The first-order valence-corrected chi connectivity index (χ1v) is 12.1. The van der Waals surface area contributed by atoms with E-state index in [-0.39, 0.29) is 21.5 Å². The van der Waals surface area contributed by atoms with E-state index >= 15 is 0 Å². The zero-order valence-electron chi connectivity index (χ0n) is 16.3. The highest BCUT2D eigenvalue weighted by atomic mass is 35.5. The van der Waals surface area contributed by atoms with Crippen LogP contribution in [0.15, 0.2) is 38.4 Å². The summed E-state index contributed by atoms with van der Waals surface area (Å²) in [6.45, 7) is 1.96. The maximum absolute atomic E-state index is 14.0. The smallest absolute Gasteiger partial charge is 0.252 e. The van der Waals surface area contributed by atoms with Crippen molar-refractivity contribution in [2.75, 3.05) is 18.4 Å². The Kier molecular flexibility index (Phi) is 6.11. The van der Waals surface area contributed by atoms with Crippen molar-refractivity contribution >= 4 is 44.6 Å². The van der Waals surface area contributed by atoms with Crippen LogP contribution in [0.3, 0.4) is 0 Å². The highest BCUT2D eigenvalue weighted by Crippen LogP contribution is 2.31. The molecule has 3 heterocycles. The standard InChI is InChI=1S/C19H18ClFN4O4S2/c1-11-22-18(24-29-11)13-7-17(30-10-13)31(27,28)25-6-2-3-12(9-25)19(26)23-16-5-4-14(20)8-15(16)21/h4-5,7-8,10,12H,2-3,6,9H2,1H3,(H,23,26)/t12-/m1/s1. The highest BCUT2D eigenvalue weighted by molar-refractivity contribution is 7.91. The van der Waals surface area contributed by atoms with E-state index in [2.05, 4.69) is 15.5 Å². The number of rotatable bonds is 5. The second kappa shape index (κ2) is 8.65. The number of sulfonamides is 1. The Labute approximate surface area is 187 Å². The monoisotopic (exact) mass is 484 g/mol. The molecule has 3 aromatic rings. The lowest BCUT2D eigenvalue weighted by atomic mass is 9.98. The topological polar surface area (TPSA) is 105 Å². The summed E-state index contributed by atoms with van der Waals surface area (Å²) in [5, 5.41) is 8.20. The summed E-state index contributed by atoms with van der Waals surface area (Å²) in [5.74, 6) is -0.985. The van der Waals surface area contributed by atoms with Crippen LogP contribution in [0.1, 0.15) is 18.7 Å². The van der Waals surface area contributed by atoms with Gasteiger partial charge in [0.2, 0.25) is 17.6 Å². The second-order valence-electron chi connectivity index (χ2n) is 7.11. The number of nitrogens with one attached hydrogen (secondary N) is 1. The number of aromatic nitrogens is 2. The molecule has 0 unspecified atom stereocenters. The van der Waals surface area contributed by atoms with Gasteiger partial charge in [-0.2, -0.15) is 9.29 Å². The molecular formula is C19H18ClFN4O4S2. The van der Waals surface area contributed by atoms with E-state index in [1.165, 1.54) is 22.5 Å². The van der Waals surface area contributed by atoms with E-state index in [0.717, 1.165) is 17.4 Å². The summed E-state index contributed by atoms with van der Waals surface area (Å²) in [7, 11) is -3.80. The Balaban J connectivity index is 1.48. The molecule has 0 bridgehead atoms. The van der Waals surface area contributed by atoms with Gasteiger partial charge in [-0.05, 0) is 37.1 Å².